The molecule has 0 atom stereocenters. The van der Waals surface area contributed by atoms with Crippen LogP contribution in [0.3, 0.4) is 0 Å². The molecule has 0 saturated heterocycles. The lowest BCUT2D eigenvalue weighted by Gasteiger charge is -2.14. The van der Waals surface area contributed by atoms with Crippen LogP contribution >= 0.6 is 39.3 Å². The van der Waals surface area contributed by atoms with Crippen LogP contribution in [0.2, 0.25) is 5.02 Å². The molecule has 2 nitrogen and oxygen atoms in total. The van der Waals surface area contributed by atoms with Crippen LogP contribution in [0.5, 0.6) is 11.5 Å². The Bertz CT molecular complexity index is 335. The lowest BCUT2D eigenvalue weighted by Crippen LogP contribution is -2.03. The summed E-state index contributed by atoms with van der Waals surface area (Å²) in [7, 11) is 1.62. The van der Waals surface area contributed by atoms with E-state index in [0.29, 0.717) is 22.7 Å². The molecule has 1 aromatic carbocycles. The maximum atomic E-state index is 6.00. The van der Waals surface area contributed by atoms with E-state index in [4.69, 9.17) is 21.1 Å². The molecular weight excluding hydrogens is 324 g/mol. The fourth-order valence-corrected chi connectivity index (χ4v) is 2.47. The molecule has 5 heteroatoms. The minimum absolute atomic E-state index is 0.660. The highest BCUT2D eigenvalue weighted by atomic mass is 79.9. The summed E-state index contributed by atoms with van der Waals surface area (Å²) in [6.45, 7) is 0.693. The Kier molecular flexibility index (Phi) is 7.16. The number of hydrogen-bond acceptors (Lipinski definition) is 3. The molecule has 96 valence electrons. The van der Waals surface area contributed by atoms with Crippen LogP contribution < -0.4 is 9.47 Å². The molecule has 0 heterocycles. The summed E-state index contributed by atoms with van der Waals surface area (Å²) in [5.74, 6) is 2.57. The van der Waals surface area contributed by atoms with Crippen molar-refractivity contribution in [2.45, 2.75) is 11.8 Å². The first-order chi connectivity index (χ1) is 8.22. The average Bonchev–Trinajstić information content (AvgIpc) is 2.35. The van der Waals surface area contributed by atoms with E-state index in [2.05, 4.69) is 22.2 Å². The predicted octanol–water partition coefficient (Wildman–Crippen LogP) is 4.38. The van der Waals surface area contributed by atoms with Crippen molar-refractivity contribution in [3.63, 3.8) is 0 Å². The number of rotatable bonds is 7. The molecule has 0 radical (unpaired) electrons. The highest BCUT2D eigenvalue weighted by Gasteiger charge is 2.11. The molecule has 1 aromatic rings. The normalized spacial score (nSPS) is 10.4. The van der Waals surface area contributed by atoms with Crippen molar-refractivity contribution >= 4 is 39.3 Å². The summed E-state index contributed by atoms with van der Waals surface area (Å²) < 4.78 is 11.1. The highest BCUT2D eigenvalue weighted by molar-refractivity contribution is 9.08. The van der Waals surface area contributed by atoms with Gasteiger partial charge in [-0.05, 0) is 24.5 Å². The Morgan fingerprint density at radius 1 is 1.41 bits per heavy atom. The molecule has 0 bridgehead atoms. The van der Waals surface area contributed by atoms with Crippen molar-refractivity contribution < 1.29 is 9.47 Å². The van der Waals surface area contributed by atoms with Gasteiger partial charge in [0.1, 0.15) is 0 Å². The van der Waals surface area contributed by atoms with Gasteiger partial charge < -0.3 is 9.47 Å². The van der Waals surface area contributed by atoms with Crippen LogP contribution in [0.15, 0.2) is 12.1 Å². The zero-order valence-electron chi connectivity index (χ0n) is 9.96. The van der Waals surface area contributed by atoms with E-state index >= 15 is 0 Å². The van der Waals surface area contributed by atoms with Gasteiger partial charge in [0.15, 0.2) is 11.5 Å². The molecule has 0 spiro atoms. The molecule has 1 rings (SSSR count). The summed E-state index contributed by atoms with van der Waals surface area (Å²) >= 11 is 11.3. The zero-order chi connectivity index (χ0) is 12.7. The quantitative estimate of drug-likeness (QED) is 0.543. The molecule has 0 aliphatic heterocycles. The van der Waals surface area contributed by atoms with Gasteiger partial charge in [-0.2, -0.15) is 11.8 Å². The Morgan fingerprint density at radius 3 is 2.76 bits per heavy atom. The van der Waals surface area contributed by atoms with Crippen LogP contribution in [-0.4, -0.2) is 25.7 Å². The van der Waals surface area contributed by atoms with E-state index in [1.807, 2.05) is 17.8 Å². The van der Waals surface area contributed by atoms with E-state index in [0.717, 1.165) is 23.5 Å². The Labute approximate surface area is 120 Å². The van der Waals surface area contributed by atoms with Crippen molar-refractivity contribution in [1.29, 1.82) is 0 Å². The summed E-state index contributed by atoms with van der Waals surface area (Å²) in [6, 6.07) is 3.67. The smallest absolute Gasteiger partial charge is 0.165 e. The van der Waals surface area contributed by atoms with Crippen LogP contribution in [0.25, 0.3) is 0 Å². The monoisotopic (exact) mass is 338 g/mol. The van der Waals surface area contributed by atoms with Crippen LogP contribution in [-0.2, 0) is 5.33 Å². The fraction of sp³-hybridized carbons (Fsp3) is 0.500. The van der Waals surface area contributed by atoms with Crippen molar-refractivity contribution in [1.82, 2.24) is 0 Å². The SMILES string of the molecule is COc1cc(Cl)cc(CBr)c1OCCCSC. The minimum atomic E-state index is 0.660. The highest BCUT2D eigenvalue weighted by Crippen LogP contribution is 2.35. The number of ether oxygens (including phenoxy) is 2. The van der Waals surface area contributed by atoms with Gasteiger partial charge in [0, 0.05) is 22.0 Å². The molecule has 0 aliphatic rings. The third-order valence-corrected chi connectivity index (χ3v) is 3.72. The molecule has 0 unspecified atom stereocenters. The summed E-state index contributed by atoms with van der Waals surface area (Å²) in [5.41, 5.74) is 1.01. The molecule has 0 saturated carbocycles. The van der Waals surface area contributed by atoms with Gasteiger partial charge in [-0.3, -0.25) is 0 Å². The minimum Gasteiger partial charge on any atom is -0.493 e. The standard InChI is InChI=1S/C12H16BrClO2S/c1-15-11-7-10(14)6-9(8-13)12(11)16-4-3-5-17-2/h6-7H,3-5,8H2,1-2H3. The van der Waals surface area contributed by atoms with E-state index in [9.17, 15) is 0 Å². The van der Waals surface area contributed by atoms with Gasteiger partial charge in [0.2, 0.25) is 0 Å². The van der Waals surface area contributed by atoms with Crippen molar-refractivity contribution in [3.8, 4) is 11.5 Å². The zero-order valence-corrected chi connectivity index (χ0v) is 13.1. The lowest BCUT2D eigenvalue weighted by molar-refractivity contribution is 0.293. The topological polar surface area (TPSA) is 18.5 Å². The molecule has 0 amide bonds. The first-order valence-corrected chi connectivity index (χ1v) is 8.16. The van der Waals surface area contributed by atoms with Crippen LogP contribution in [0.4, 0.5) is 0 Å². The summed E-state index contributed by atoms with van der Waals surface area (Å²) in [6.07, 6.45) is 3.11. The number of alkyl halides is 1. The van der Waals surface area contributed by atoms with E-state index in [1.165, 1.54) is 0 Å². The van der Waals surface area contributed by atoms with Gasteiger partial charge in [-0.15, -0.1) is 0 Å². The van der Waals surface area contributed by atoms with Gasteiger partial charge in [0.25, 0.3) is 0 Å². The number of halogens is 2. The molecule has 0 aliphatic carbocycles. The molecule has 0 fully saturated rings. The molecular formula is C12H16BrClO2S. The van der Waals surface area contributed by atoms with E-state index < -0.39 is 0 Å². The van der Waals surface area contributed by atoms with E-state index in [1.54, 1.807) is 13.2 Å². The van der Waals surface area contributed by atoms with Crippen molar-refractivity contribution in [2.24, 2.45) is 0 Å². The fourth-order valence-electron chi connectivity index (χ4n) is 1.41. The maximum Gasteiger partial charge on any atom is 0.165 e. The summed E-state index contributed by atoms with van der Waals surface area (Å²) in [5, 5.41) is 1.36. The largest absolute Gasteiger partial charge is 0.493 e. The van der Waals surface area contributed by atoms with Gasteiger partial charge in [0.05, 0.1) is 13.7 Å². The molecule has 0 aromatic heterocycles. The maximum absolute atomic E-state index is 6.00. The number of thioether (sulfide) groups is 1. The lowest BCUT2D eigenvalue weighted by atomic mass is 10.2. The van der Waals surface area contributed by atoms with Gasteiger partial charge in [-0.1, -0.05) is 27.5 Å². The van der Waals surface area contributed by atoms with Crippen molar-refractivity contribution in [2.75, 3.05) is 25.7 Å². The van der Waals surface area contributed by atoms with E-state index in [-0.39, 0.29) is 0 Å². The number of benzene rings is 1. The second-order valence-electron chi connectivity index (χ2n) is 3.42. The van der Waals surface area contributed by atoms with Crippen LogP contribution in [0.1, 0.15) is 12.0 Å². The van der Waals surface area contributed by atoms with Crippen molar-refractivity contribution in [3.05, 3.63) is 22.7 Å². The third-order valence-electron chi connectivity index (χ3n) is 2.20. The number of methoxy groups -OCH3 is 1. The third kappa shape index (κ3) is 4.60. The van der Waals surface area contributed by atoms with Crippen LogP contribution in [0, 0.1) is 0 Å². The average molecular weight is 340 g/mol. The van der Waals surface area contributed by atoms with Gasteiger partial charge in [-0.25, -0.2) is 0 Å². The number of hydrogen-bond donors (Lipinski definition) is 0. The Morgan fingerprint density at radius 2 is 2.18 bits per heavy atom. The first kappa shape index (κ1) is 15.0. The second-order valence-corrected chi connectivity index (χ2v) is 5.41. The molecule has 0 N–H and O–H groups in total. The van der Waals surface area contributed by atoms with Gasteiger partial charge >= 0.3 is 0 Å². The Hall–Kier alpha value is -0.0600. The first-order valence-electron chi connectivity index (χ1n) is 5.27. The Balaban J connectivity index is 2.79. The molecule has 17 heavy (non-hydrogen) atoms. The second kappa shape index (κ2) is 8.11. The summed E-state index contributed by atoms with van der Waals surface area (Å²) in [4.78, 5) is 0. The predicted molar refractivity (Wildman–Crippen MR) is 79.1 cm³/mol.